The Morgan fingerprint density at radius 1 is 1.16 bits per heavy atom. The summed E-state index contributed by atoms with van der Waals surface area (Å²) in [6, 6.07) is 4.44. The molecule has 0 bridgehead atoms. The molecule has 0 aliphatic carbocycles. The molecule has 0 radical (unpaired) electrons. The third-order valence-corrected chi connectivity index (χ3v) is 3.89. The Morgan fingerprint density at radius 3 is 2.53 bits per heavy atom. The molecule has 2 aromatic rings. The van der Waals surface area contributed by atoms with Crippen molar-refractivity contribution in [1.82, 2.24) is 9.97 Å². The molecule has 0 spiro atoms. The lowest BCUT2D eigenvalue weighted by atomic mass is 10.3. The summed E-state index contributed by atoms with van der Waals surface area (Å²) in [5.41, 5.74) is 0. The molecule has 100 valence electrons. The van der Waals surface area contributed by atoms with Crippen LogP contribution in [0.5, 0.6) is 0 Å². The van der Waals surface area contributed by atoms with E-state index >= 15 is 0 Å². The Kier molecular flexibility index (Phi) is 3.88. The summed E-state index contributed by atoms with van der Waals surface area (Å²) < 4.78 is 39.5. The van der Waals surface area contributed by atoms with Gasteiger partial charge in [-0.1, -0.05) is 23.2 Å². The Hall–Kier alpha value is -1.44. The maximum Gasteiger partial charge on any atom is 0.265 e. The molecular weight excluding hydrogens is 316 g/mol. The van der Waals surface area contributed by atoms with Gasteiger partial charge in [-0.15, -0.1) is 0 Å². The van der Waals surface area contributed by atoms with Gasteiger partial charge in [-0.3, -0.25) is 4.72 Å². The second-order valence-electron chi connectivity index (χ2n) is 3.41. The van der Waals surface area contributed by atoms with Crippen LogP contribution in [0.1, 0.15) is 0 Å². The maximum atomic E-state index is 13.6. The quantitative estimate of drug-likeness (QED) is 0.882. The number of benzene rings is 1. The number of nitrogens with zero attached hydrogens (tertiary/aromatic N) is 2. The fourth-order valence-electron chi connectivity index (χ4n) is 1.28. The van der Waals surface area contributed by atoms with Crippen LogP contribution in [0.2, 0.25) is 10.2 Å². The number of hydrogen-bond donors (Lipinski definition) is 1. The van der Waals surface area contributed by atoms with Crippen LogP contribution in [0.4, 0.5) is 10.2 Å². The summed E-state index contributed by atoms with van der Waals surface area (Å²) >= 11 is 11.1. The predicted molar refractivity (Wildman–Crippen MR) is 69.3 cm³/mol. The summed E-state index contributed by atoms with van der Waals surface area (Å²) in [5.74, 6) is -1.02. The average molecular weight is 322 g/mol. The summed E-state index contributed by atoms with van der Waals surface area (Å²) in [4.78, 5) is 6.73. The lowest BCUT2D eigenvalue weighted by Gasteiger charge is -2.08. The minimum Gasteiger partial charge on any atom is -0.263 e. The van der Waals surface area contributed by atoms with Crippen molar-refractivity contribution in [2.45, 2.75) is 4.90 Å². The number of rotatable bonds is 3. The van der Waals surface area contributed by atoms with E-state index in [1.807, 2.05) is 0 Å². The van der Waals surface area contributed by atoms with E-state index in [2.05, 4.69) is 14.7 Å². The minimum atomic E-state index is -4.11. The van der Waals surface area contributed by atoms with Gasteiger partial charge in [0.15, 0.2) is 0 Å². The van der Waals surface area contributed by atoms with E-state index in [9.17, 15) is 12.8 Å². The van der Waals surface area contributed by atoms with Gasteiger partial charge in [0.1, 0.15) is 28.0 Å². The van der Waals surface area contributed by atoms with Crippen molar-refractivity contribution in [3.05, 3.63) is 46.6 Å². The van der Waals surface area contributed by atoms with Crippen molar-refractivity contribution in [3.63, 3.8) is 0 Å². The van der Waals surface area contributed by atoms with Crippen molar-refractivity contribution < 1.29 is 12.8 Å². The van der Waals surface area contributed by atoms with Crippen molar-refractivity contribution in [3.8, 4) is 0 Å². The number of hydrogen-bond acceptors (Lipinski definition) is 4. The van der Waals surface area contributed by atoms with Crippen molar-refractivity contribution in [2.75, 3.05) is 4.72 Å². The molecule has 0 unspecified atom stereocenters. The molecule has 1 aromatic heterocycles. The Bertz CT molecular complexity index is 724. The van der Waals surface area contributed by atoms with Gasteiger partial charge < -0.3 is 0 Å². The molecule has 1 aromatic carbocycles. The van der Waals surface area contributed by atoms with Gasteiger partial charge in [0.2, 0.25) is 0 Å². The number of aromatic nitrogens is 2. The second kappa shape index (κ2) is 5.28. The van der Waals surface area contributed by atoms with Crippen LogP contribution in [-0.2, 0) is 10.0 Å². The smallest absolute Gasteiger partial charge is 0.263 e. The zero-order chi connectivity index (χ0) is 14.0. The van der Waals surface area contributed by atoms with Crippen LogP contribution in [0, 0.1) is 5.82 Å². The Labute approximate surface area is 118 Å². The zero-order valence-electron chi connectivity index (χ0n) is 9.14. The van der Waals surface area contributed by atoms with E-state index in [1.165, 1.54) is 12.1 Å². The molecular formula is C10H6Cl2FN3O2S. The fraction of sp³-hybridized carbons (Fsp3) is 0. The highest BCUT2D eigenvalue weighted by Gasteiger charge is 2.20. The second-order valence-corrected chi connectivity index (χ2v) is 5.88. The van der Waals surface area contributed by atoms with Gasteiger partial charge in [-0.2, -0.15) is 0 Å². The third-order valence-electron chi connectivity index (χ3n) is 2.06. The third kappa shape index (κ3) is 3.31. The van der Waals surface area contributed by atoms with Crippen molar-refractivity contribution in [2.24, 2.45) is 0 Å². The van der Waals surface area contributed by atoms with Crippen LogP contribution in [0.25, 0.3) is 0 Å². The first-order chi connectivity index (χ1) is 8.88. The van der Waals surface area contributed by atoms with Gasteiger partial charge in [0.25, 0.3) is 10.0 Å². The van der Waals surface area contributed by atoms with Crippen molar-refractivity contribution in [1.29, 1.82) is 0 Å². The molecule has 9 heteroatoms. The number of halogens is 3. The van der Waals surface area contributed by atoms with Gasteiger partial charge in [-0.05, 0) is 18.2 Å². The molecule has 0 aliphatic rings. The molecule has 5 nitrogen and oxygen atoms in total. The molecule has 2 rings (SSSR count). The molecule has 0 saturated heterocycles. The Balaban J connectivity index is 2.38. The lowest BCUT2D eigenvalue weighted by Crippen LogP contribution is -2.15. The van der Waals surface area contributed by atoms with E-state index < -0.39 is 20.7 Å². The van der Waals surface area contributed by atoms with Gasteiger partial charge in [-0.25, -0.2) is 22.8 Å². The van der Waals surface area contributed by atoms with Crippen LogP contribution in [0.3, 0.4) is 0 Å². The number of sulfonamides is 1. The van der Waals surface area contributed by atoms with Crippen LogP contribution < -0.4 is 4.72 Å². The number of nitrogens with one attached hydrogen (secondary N) is 1. The van der Waals surface area contributed by atoms with Gasteiger partial charge in [0, 0.05) is 11.1 Å². The zero-order valence-corrected chi connectivity index (χ0v) is 11.5. The highest BCUT2D eigenvalue weighted by Crippen LogP contribution is 2.21. The van der Waals surface area contributed by atoms with E-state index in [0.29, 0.717) is 0 Å². The lowest BCUT2D eigenvalue weighted by molar-refractivity contribution is 0.570. The highest BCUT2D eigenvalue weighted by atomic mass is 35.5. The number of anilines is 1. The fourth-order valence-corrected chi connectivity index (χ4v) is 2.64. The normalized spacial score (nSPS) is 11.3. The SMILES string of the molecule is O=S(=O)(Nc1cc(Cl)ncn1)c1ccc(Cl)cc1F. The van der Waals surface area contributed by atoms with Gasteiger partial charge >= 0.3 is 0 Å². The molecule has 0 fully saturated rings. The van der Waals surface area contributed by atoms with E-state index in [1.54, 1.807) is 0 Å². The van der Waals surface area contributed by atoms with Crippen LogP contribution in [0.15, 0.2) is 35.5 Å². The summed E-state index contributed by atoms with van der Waals surface area (Å²) in [6.45, 7) is 0. The highest BCUT2D eigenvalue weighted by molar-refractivity contribution is 7.92. The van der Waals surface area contributed by atoms with E-state index in [4.69, 9.17) is 23.2 Å². The first-order valence-corrected chi connectivity index (χ1v) is 7.08. The monoisotopic (exact) mass is 321 g/mol. The average Bonchev–Trinajstić information content (AvgIpc) is 2.27. The van der Waals surface area contributed by atoms with E-state index in [-0.39, 0.29) is 16.0 Å². The maximum absolute atomic E-state index is 13.6. The molecule has 0 amide bonds. The van der Waals surface area contributed by atoms with Crippen LogP contribution in [-0.4, -0.2) is 18.4 Å². The molecule has 0 saturated carbocycles. The predicted octanol–water partition coefficient (Wildman–Crippen LogP) is 2.72. The topological polar surface area (TPSA) is 72.0 Å². The molecule has 0 aliphatic heterocycles. The van der Waals surface area contributed by atoms with Crippen LogP contribution >= 0.6 is 23.2 Å². The van der Waals surface area contributed by atoms with E-state index in [0.717, 1.165) is 18.5 Å². The summed E-state index contributed by atoms with van der Waals surface area (Å²) in [6.07, 6.45) is 1.08. The standard InChI is InChI=1S/C10H6Cl2FN3O2S/c11-6-1-2-8(7(13)3-6)19(17,18)16-10-4-9(12)14-5-15-10/h1-5H,(H,14,15,16). The Morgan fingerprint density at radius 2 is 1.89 bits per heavy atom. The molecule has 19 heavy (non-hydrogen) atoms. The largest absolute Gasteiger partial charge is 0.265 e. The summed E-state index contributed by atoms with van der Waals surface area (Å²) in [5, 5.41) is 0.158. The summed E-state index contributed by atoms with van der Waals surface area (Å²) in [7, 11) is -4.11. The molecule has 0 atom stereocenters. The van der Waals surface area contributed by atoms with Crippen molar-refractivity contribution >= 4 is 39.0 Å². The minimum absolute atomic E-state index is 0.0595. The van der Waals surface area contributed by atoms with Gasteiger partial charge in [0.05, 0.1) is 0 Å². The first kappa shape index (κ1) is 14.0. The first-order valence-electron chi connectivity index (χ1n) is 4.84. The molecule has 1 heterocycles. The molecule has 1 N–H and O–H groups in total.